The number of aromatic nitrogens is 1. The lowest BCUT2D eigenvalue weighted by molar-refractivity contribution is 0.474. The second-order valence-corrected chi connectivity index (χ2v) is 6.17. The highest BCUT2D eigenvalue weighted by Crippen LogP contribution is 2.30. The molecule has 23 heavy (non-hydrogen) atoms. The van der Waals surface area contributed by atoms with Crippen molar-refractivity contribution in [2.45, 2.75) is 25.6 Å². The third kappa shape index (κ3) is 2.54. The first-order valence-corrected chi connectivity index (χ1v) is 8.03. The maximum atomic E-state index is 13.1. The van der Waals surface area contributed by atoms with Crippen molar-refractivity contribution in [2.24, 2.45) is 5.73 Å². The molecule has 1 aromatic heterocycles. The second kappa shape index (κ2) is 5.80. The zero-order valence-electron chi connectivity index (χ0n) is 12.9. The van der Waals surface area contributed by atoms with Gasteiger partial charge in [-0.2, -0.15) is 0 Å². The van der Waals surface area contributed by atoms with Crippen LogP contribution in [0.15, 0.2) is 48.5 Å². The summed E-state index contributed by atoms with van der Waals surface area (Å²) >= 11 is 0. The fraction of sp³-hybridized carbons (Fsp3) is 0.263. The van der Waals surface area contributed by atoms with Gasteiger partial charge in [-0.3, -0.25) is 0 Å². The average Bonchev–Trinajstić information content (AvgIpc) is 2.90. The fourth-order valence-corrected chi connectivity index (χ4v) is 3.54. The van der Waals surface area contributed by atoms with E-state index in [1.165, 1.54) is 34.3 Å². The number of hydrogen-bond donors (Lipinski definition) is 2. The molecule has 4 heteroatoms. The van der Waals surface area contributed by atoms with Gasteiger partial charge in [0, 0.05) is 42.3 Å². The highest BCUT2D eigenvalue weighted by Gasteiger charge is 2.24. The molecule has 0 amide bonds. The largest absolute Gasteiger partial charge is 0.339 e. The summed E-state index contributed by atoms with van der Waals surface area (Å²) in [6, 6.07) is 15.6. The molecule has 0 fully saturated rings. The van der Waals surface area contributed by atoms with Crippen LogP contribution in [0, 0.1) is 5.82 Å². The SMILES string of the molecule is NCC1Cc2c(n(Cc3ccc(F)cc3)c3ccccc23)CN1. The number of benzene rings is 2. The van der Waals surface area contributed by atoms with Crippen LogP contribution in [0.3, 0.4) is 0 Å². The summed E-state index contributed by atoms with van der Waals surface area (Å²) < 4.78 is 15.5. The molecule has 0 spiro atoms. The lowest BCUT2D eigenvalue weighted by Gasteiger charge is -2.24. The van der Waals surface area contributed by atoms with Crippen molar-refractivity contribution in [1.82, 2.24) is 9.88 Å². The lowest BCUT2D eigenvalue weighted by Crippen LogP contribution is -2.41. The molecule has 0 aliphatic carbocycles. The van der Waals surface area contributed by atoms with Crippen molar-refractivity contribution in [3.8, 4) is 0 Å². The van der Waals surface area contributed by atoms with Crippen molar-refractivity contribution in [2.75, 3.05) is 6.54 Å². The van der Waals surface area contributed by atoms with Crippen LogP contribution in [0.4, 0.5) is 4.39 Å². The minimum absolute atomic E-state index is 0.194. The Kier molecular flexibility index (Phi) is 3.63. The molecule has 1 atom stereocenters. The number of rotatable bonds is 3. The lowest BCUT2D eigenvalue weighted by atomic mass is 9.98. The van der Waals surface area contributed by atoms with Gasteiger partial charge in [0.15, 0.2) is 0 Å². The fourth-order valence-electron chi connectivity index (χ4n) is 3.54. The van der Waals surface area contributed by atoms with Crippen LogP contribution < -0.4 is 11.1 Å². The van der Waals surface area contributed by atoms with E-state index in [1.807, 2.05) is 12.1 Å². The van der Waals surface area contributed by atoms with E-state index in [1.54, 1.807) is 0 Å². The number of nitrogens with one attached hydrogen (secondary N) is 1. The van der Waals surface area contributed by atoms with Gasteiger partial charge in [-0.25, -0.2) is 4.39 Å². The number of halogens is 1. The Morgan fingerprint density at radius 2 is 1.91 bits per heavy atom. The van der Waals surface area contributed by atoms with Gasteiger partial charge in [0.05, 0.1) is 0 Å². The Hall–Kier alpha value is -2.17. The topological polar surface area (TPSA) is 43.0 Å². The summed E-state index contributed by atoms with van der Waals surface area (Å²) in [4.78, 5) is 0. The monoisotopic (exact) mass is 309 g/mol. The van der Waals surface area contributed by atoms with Gasteiger partial charge in [0.1, 0.15) is 5.82 Å². The molecular weight excluding hydrogens is 289 g/mol. The van der Waals surface area contributed by atoms with Gasteiger partial charge in [-0.05, 0) is 35.7 Å². The van der Waals surface area contributed by atoms with E-state index < -0.39 is 0 Å². The predicted molar refractivity (Wildman–Crippen MR) is 90.8 cm³/mol. The maximum Gasteiger partial charge on any atom is 0.123 e. The smallest absolute Gasteiger partial charge is 0.123 e. The molecule has 118 valence electrons. The van der Waals surface area contributed by atoms with E-state index >= 15 is 0 Å². The molecule has 2 aromatic carbocycles. The van der Waals surface area contributed by atoms with E-state index in [4.69, 9.17) is 5.73 Å². The first kappa shape index (κ1) is 14.4. The van der Waals surface area contributed by atoms with E-state index in [-0.39, 0.29) is 5.82 Å². The highest BCUT2D eigenvalue weighted by atomic mass is 19.1. The quantitative estimate of drug-likeness (QED) is 0.781. The Labute approximate surface area is 134 Å². The summed E-state index contributed by atoms with van der Waals surface area (Å²) in [5, 5.41) is 4.83. The zero-order valence-corrected chi connectivity index (χ0v) is 12.9. The number of para-hydroxylation sites is 1. The third-order valence-corrected chi connectivity index (χ3v) is 4.74. The summed E-state index contributed by atoms with van der Waals surface area (Å²) in [6.45, 7) is 2.23. The number of hydrogen-bond acceptors (Lipinski definition) is 2. The summed E-state index contributed by atoms with van der Waals surface area (Å²) in [7, 11) is 0. The van der Waals surface area contributed by atoms with Gasteiger partial charge in [0.25, 0.3) is 0 Å². The van der Waals surface area contributed by atoms with Crippen LogP contribution in [-0.4, -0.2) is 17.2 Å². The first-order chi connectivity index (χ1) is 11.3. The summed E-state index contributed by atoms with van der Waals surface area (Å²) in [5.41, 5.74) is 10.9. The third-order valence-electron chi connectivity index (χ3n) is 4.74. The minimum Gasteiger partial charge on any atom is -0.339 e. The van der Waals surface area contributed by atoms with Crippen LogP contribution in [-0.2, 0) is 19.5 Å². The van der Waals surface area contributed by atoms with Crippen LogP contribution in [0.25, 0.3) is 10.9 Å². The number of nitrogens with zero attached hydrogens (tertiary/aromatic N) is 1. The number of nitrogens with two attached hydrogens (primary N) is 1. The Bertz CT molecular complexity index is 836. The van der Waals surface area contributed by atoms with Crippen LogP contribution in [0.2, 0.25) is 0 Å². The molecule has 1 aliphatic heterocycles. The van der Waals surface area contributed by atoms with Crippen LogP contribution >= 0.6 is 0 Å². The maximum absolute atomic E-state index is 13.1. The molecule has 0 saturated heterocycles. The molecule has 3 nitrogen and oxygen atoms in total. The van der Waals surface area contributed by atoms with Crippen molar-refractivity contribution in [3.05, 3.63) is 71.2 Å². The molecule has 4 rings (SSSR count). The zero-order chi connectivity index (χ0) is 15.8. The Morgan fingerprint density at radius 3 is 2.70 bits per heavy atom. The standard InChI is InChI=1S/C19H20FN3/c20-14-7-5-13(6-8-14)12-23-18-4-2-1-3-16(18)17-9-15(10-21)22-11-19(17)23/h1-8,15,22H,9-12,21H2. The molecule has 0 saturated carbocycles. The van der Waals surface area contributed by atoms with Crippen LogP contribution in [0.1, 0.15) is 16.8 Å². The highest BCUT2D eigenvalue weighted by molar-refractivity contribution is 5.86. The Morgan fingerprint density at radius 1 is 1.13 bits per heavy atom. The van der Waals surface area contributed by atoms with Gasteiger partial charge >= 0.3 is 0 Å². The first-order valence-electron chi connectivity index (χ1n) is 8.03. The predicted octanol–water partition coefficient (Wildman–Crippen LogP) is 2.80. The molecule has 3 aromatic rings. The molecular formula is C19H20FN3. The molecule has 2 heterocycles. The van der Waals surface area contributed by atoms with Crippen molar-refractivity contribution < 1.29 is 4.39 Å². The molecule has 3 N–H and O–H groups in total. The summed E-state index contributed by atoms with van der Waals surface area (Å²) in [6.07, 6.45) is 0.961. The molecule has 1 unspecified atom stereocenters. The van der Waals surface area contributed by atoms with E-state index in [0.29, 0.717) is 12.6 Å². The average molecular weight is 309 g/mol. The second-order valence-electron chi connectivity index (χ2n) is 6.17. The van der Waals surface area contributed by atoms with Crippen molar-refractivity contribution in [3.63, 3.8) is 0 Å². The van der Waals surface area contributed by atoms with Gasteiger partial charge < -0.3 is 15.6 Å². The molecule has 0 radical (unpaired) electrons. The van der Waals surface area contributed by atoms with Gasteiger partial charge in [-0.1, -0.05) is 30.3 Å². The van der Waals surface area contributed by atoms with Crippen molar-refractivity contribution in [1.29, 1.82) is 0 Å². The van der Waals surface area contributed by atoms with E-state index in [2.05, 4.69) is 34.1 Å². The normalized spacial score (nSPS) is 17.4. The Balaban J connectivity index is 1.81. The molecule has 1 aliphatic rings. The van der Waals surface area contributed by atoms with Crippen LogP contribution in [0.5, 0.6) is 0 Å². The molecule has 0 bridgehead atoms. The number of fused-ring (bicyclic) bond motifs is 3. The van der Waals surface area contributed by atoms with Gasteiger partial charge in [0.2, 0.25) is 0 Å². The summed E-state index contributed by atoms with van der Waals surface area (Å²) in [5.74, 6) is -0.194. The van der Waals surface area contributed by atoms with Crippen molar-refractivity contribution >= 4 is 10.9 Å². The van der Waals surface area contributed by atoms with Gasteiger partial charge in [-0.15, -0.1) is 0 Å². The minimum atomic E-state index is -0.194. The van der Waals surface area contributed by atoms with E-state index in [9.17, 15) is 4.39 Å². The van der Waals surface area contributed by atoms with E-state index in [0.717, 1.165) is 25.1 Å².